The van der Waals surface area contributed by atoms with Crippen LogP contribution in [0.1, 0.15) is 30.9 Å². The average molecular weight is 272 g/mol. The molecule has 0 bridgehead atoms. The van der Waals surface area contributed by atoms with Crippen LogP contribution in [0.2, 0.25) is 0 Å². The normalized spacial score (nSPS) is 17.9. The maximum absolute atomic E-state index is 13.3. The fraction of sp³-hybridized carbons (Fsp3) is 0.333. The summed E-state index contributed by atoms with van der Waals surface area (Å²) in [5, 5.41) is 0. The van der Waals surface area contributed by atoms with Crippen LogP contribution in [0, 0.1) is 17.6 Å². The molecule has 0 fully saturated rings. The first-order chi connectivity index (χ1) is 9.67. The molecule has 2 aromatic carbocycles. The molecular weight excluding hydrogens is 254 g/mol. The Balaban J connectivity index is 1.94. The summed E-state index contributed by atoms with van der Waals surface area (Å²) in [6.45, 7) is 2.24. The molecule has 0 saturated heterocycles. The maximum atomic E-state index is 13.3. The molecule has 0 saturated carbocycles. The summed E-state index contributed by atoms with van der Waals surface area (Å²) in [5.74, 6) is -0.791. The number of halogens is 2. The lowest BCUT2D eigenvalue weighted by atomic mass is 9.81. The number of hydrogen-bond donors (Lipinski definition) is 0. The number of benzene rings is 2. The second-order valence-electron chi connectivity index (χ2n) is 5.63. The quantitative estimate of drug-likeness (QED) is 0.709. The second-order valence-corrected chi connectivity index (χ2v) is 5.63. The Morgan fingerprint density at radius 3 is 2.45 bits per heavy atom. The summed E-state index contributed by atoms with van der Waals surface area (Å²) in [7, 11) is 0. The smallest absolute Gasteiger partial charge is 0.159 e. The fourth-order valence-corrected chi connectivity index (χ4v) is 3.03. The summed E-state index contributed by atoms with van der Waals surface area (Å²) in [6, 6.07) is 10.4. The molecule has 0 amide bonds. The zero-order chi connectivity index (χ0) is 14.1. The standard InChI is InChI=1S/C18H18F2/c1-2-12-3-4-14-10-15(6-5-13(14)9-12)16-7-8-17(19)18(20)11-16/h5-8,10-12H,2-4,9H2,1H3. The summed E-state index contributed by atoms with van der Waals surface area (Å²) in [6.07, 6.45) is 4.68. The van der Waals surface area contributed by atoms with E-state index in [4.69, 9.17) is 0 Å². The van der Waals surface area contributed by atoms with Gasteiger partial charge in [-0.15, -0.1) is 0 Å². The summed E-state index contributed by atoms with van der Waals surface area (Å²) in [5.41, 5.74) is 4.48. The molecule has 1 atom stereocenters. The minimum Gasteiger partial charge on any atom is -0.204 e. The van der Waals surface area contributed by atoms with Crippen molar-refractivity contribution in [3.63, 3.8) is 0 Å². The summed E-state index contributed by atoms with van der Waals surface area (Å²) >= 11 is 0. The van der Waals surface area contributed by atoms with E-state index in [1.54, 1.807) is 6.07 Å². The van der Waals surface area contributed by atoms with E-state index in [2.05, 4.69) is 19.1 Å². The van der Waals surface area contributed by atoms with Crippen LogP contribution in [0.3, 0.4) is 0 Å². The van der Waals surface area contributed by atoms with Crippen molar-refractivity contribution >= 4 is 0 Å². The van der Waals surface area contributed by atoms with Crippen LogP contribution >= 0.6 is 0 Å². The van der Waals surface area contributed by atoms with E-state index in [1.165, 1.54) is 36.1 Å². The molecule has 0 nitrogen and oxygen atoms in total. The Labute approximate surface area is 118 Å². The van der Waals surface area contributed by atoms with Crippen LogP contribution in [0.15, 0.2) is 36.4 Å². The largest absolute Gasteiger partial charge is 0.204 e. The van der Waals surface area contributed by atoms with Gasteiger partial charge in [-0.2, -0.15) is 0 Å². The van der Waals surface area contributed by atoms with Gasteiger partial charge in [-0.25, -0.2) is 8.78 Å². The van der Waals surface area contributed by atoms with Crippen molar-refractivity contribution in [3.05, 3.63) is 59.2 Å². The molecule has 0 spiro atoms. The van der Waals surface area contributed by atoms with Gasteiger partial charge < -0.3 is 0 Å². The first kappa shape index (κ1) is 13.3. The molecule has 0 aliphatic heterocycles. The molecule has 1 unspecified atom stereocenters. The van der Waals surface area contributed by atoms with E-state index < -0.39 is 11.6 Å². The monoisotopic (exact) mass is 272 g/mol. The number of aryl methyl sites for hydroxylation is 1. The minimum atomic E-state index is -0.794. The van der Waals surface area contributed by atoms with Gasteiger partial charge in [0.2, 0.25) is 0 Å². The highest BCUT2D eigenvalue weighted by atomic mass is 19.2. The summed E-state index contributed by atoms with van der Waals surface area (Å²) in [4.78, 5) is 0. The lowest BCUT2D eigenvalue weighted by Gasteiger charge is -2.24. The average Bonchev–Trinajstić information content (AvgIpc) is 2.49. The van der Waals surface area contributed by atoms with Gasteiger partial charge in [-0.3, -0.25) is 0 Å². The van der Waals surface area contributed by atoms with Crippen molar-refractivity contribution in [2.24, 2.45) is 5.92 Å². The van der Waals surface area contributed by atoms with Gasteiger partial charge in [0, 0.05) is 0 Å². The van der Waals surface area contributed by atoms with Gasteiger partial charge in [0.05, 0.1) is 0 Å². The van der Waals surface area contributed by atoms with Crippen molar-refractivity contribution in [1.29, 1.82) is 0 Å². The van der Waals surface area contributed by atoms with Crippen LogP contribution < -0.4 is 0 Å². The Hall–Kier alpha value is -1.70. The third-order valence-corrected chi connectivity index (χ3v) is 4.37. The van der Waals surface area contributed by atoms with E-state index in [1.807, 2.05) is 6.07 Å². The highest BCUT2D eigenvalue weighted by Crippen LogP contribution is 2.31. The highest BCUT2D eigenvalue weighted by molar-refractivity contribution is 5.65. The highest BCUT2D eigenvalue weighted by Gasteiger charge is 2.17. The van der Waals surface area contributed by atoms with Crippen LogP contribution in [0.25, 0.3) is 11.1 Å². The molecule has 0 radical (unpaired) electrons. The molecule has 0 heterocycles. The molecule has 2 heteroatoms. The van der Waals surface area contributed by atoms with E-state index >= 15 is 0 Å². The molecule has 3 rings (SSSR count). The van der Waals surface area contributed by atoms with Gasteiger partial charge in [-0.05, 0) is 59.6 Å². The van der Waals surface area contributed by atoms with E-state index in [9.17, 15) is 8.78 Å². The molecule has 20 heavy (non-hydrogen) atoms. The Morgan fingerprint density at radius 2 is 1.70 bits per heavy atom. The van der Waals surface area contributed by atoms with Crippen LogP contribution in [-0.4, -0.2) is 0 Å². The molecule has 2 aromatic rings. The van der Waals surface area contributed by atoms with Crippen LogP contribution in [0.4, 0.5) is 8.78 Å². The van der Waals surface area contributed by atoms with Crippen LogP contribution in [0.5, 0.6) is 0 Å². The molecular formula is C18H18F2. The number of hydrogen-bond acceptors (Lipinski definition) is 0. The lowest BCUT2D eigenvalue weighted by Crippen LogP contribution is -2.13. The van der Waals surface area contributed by atoms with Crippen LogP contribution in [-0.2, 0) is 12.8 Å². The molecule has 0 aromatic heterocycles. The zero-order valence-corrected chi connectivity index (χ0v) is 11.6. The minimum absolute atomic E-state index is 0.740. The first-order valence-corrected chi connectivity index (χ1v) is 7.24. The van der Waals surface area contributed by atoms with Gasteiger partial charge in [0.15, 0.2) is 11.6 Å². The third kappa shape index (κ3) is 2.47. The van der Waals surface area contributed by atoms with Gasteiger partial charge in [0.25, 0.3) is 0 Å². The van der Waals surface area contributed by atoms with Gasteiger partial charge >= 0.3 is 0 Å². The van der Waals surface area contributed by atoms with Crippen molar-refractivity contribution in [3.8, 4) is 11.1 Å². The van der Waals surface area contributed by atoms with Gasteiger partial charge in [0.1, 0.15) is 0 Å². The maximum Gasteiger partial charge on any atom is 0.159 e. The lowest BCUT2D eigenvalue weighted by molar-refractivity contribution is 0.445. The Bertz CT molecular complexity index is 631. The molecule has 1 aliphatic carbocycles. The second kappa shape index (κ2) is 5.35. The van der Waals surface area contributed by atoms with E-state index in [-0.39, 0.29) is 0 Å². The van der Waals surface area contributed by atoms with E-state index in [0.717, 1.165) is 29.9 Å². The van der Waals surface area contributed by atoms with Crippen molar-refractivity contribution in [2.75, 3.05) is 0 Å². The third-order valence-electron chi connectivity index (χ3n) is 4.37. The SMILES string of the molecule is CCC1CCc2cc(-c3ccc(F)c(F)c3)ccc2C1. The number of rotatable bonds is 2. The van der Waals surface area contributed by atoms with Crippen molar-refractivity contribution in [2.45, 2.75) is 32.6 Å². The fourth-order valence-electron chi connectivity index (χ4n) is 3.03. The Morgan fingerprint density at radius 1 is 0.950 bits per heavy atom. The van der Waals surface area contributed by atoms with Crippen molar-refractivity contribution in [1.82, 2.24) is 0 Å². The van der Waals surface area contributed by atoms with Gasteiger partial charge in [-0.1, -0.05) is 37.6 Å². The Kier molecular flexibility index (Phi) is 3.56. The molecule has 1 aliphatic rings. The summed E-state index contributed by atoms with van der Waals surface area (Å²) < 4.78 is 26.3. The molecule has 0 N–H and O–H groups in total. The number of fused-ring (bicyclic) bond motifs is 1. The molecule has 104 valence electrons. The topological polar surface area (TPSA) is 0 Å². The first-order valence-electron chi connectivity index (χ1n) is 7.24. The predicted molar refractivity (Wildman–Crippen MR) is 77.6 cm³/mol. The van der Waals surface area contributed by atoms with Crippen molar-refractivity contribution < 1.29 is 8.78 Å². The predicted octanol–water partition coefficient (Wildman–Crippen LogP) is 5.15. The van der Waals surface area contributed by atoms with E-state index in [0.29, 0.717) is 0 Å². The zero-order valence-electron chi connectivity index (χ0n) is 11.6.